The van der Waals surface area contributed by atoms with Gasteiger partial charge in [0.05, 0.1) is 19.3 Å². The number of halogens is 1. The molecule has 0 aromatic heterocycles. The van der Waals surface area contributed by atoms with Gasteiger partial charge in [-0.1, -0.05) is 12.1 Å². The highest BCUT2D eigenvalue weighted by Crippen LogP contribution is 2.39. The van der Waals surface area contributed by atoms with Gasteiger partial charge in [-0.05, 0) is 30.5 Å². The summed E-state index contributed by atoms with van der Waals surface area (Å²) in [6.07, 6.45) is 1.93. The monoisotopic (exact) mass is 279 g/mol. The van der Waals surface area contributed by atoms with Crippen LogP contribution in [0.15, 0.2) is 24.3 Å². The smallest absolute Gasteiger partial charge is 0.313 e. The molecule has 1 aromatic rings. The van der Waals surface area contributed by atoms with Crippen molar-refractivity contribution < 1.29 is 18.7 Å². The molecule has 1 N–H and O–H groups in total. The predicted octanol–water partition coefficient (Wildman–Crippen LogP) is 1.63. The lowest BCUT2D eigenvalue weighted by atomic mass is 9.84. The highest BCUT2D eigenvalue weighted by atomic mass is 19.1. The number of fused-ring (bicyclic) bond motifs is 2. The second kappa shape index (κ2) is 5.50. The van der Waals surface area contributed by atoms with Crippen molar-refractivity contribution in [2.24, 2.45) is 5.92 Å². The van der Waals surface area contributed by atoms with E-state index in [1.165, 1.54) is 19.2 Å². The number of hydrogen-bond donors (Lipinski definition) is 1. The highest BCUT2D eigenvalue weighted by molar-refractivity contribution is 5.74. The van der Waals surface area contributed by atoms with Crippen molar-refractivity contribution in [3.05, 3.63) is 35.6 Å². The molecule has 0 spiro atoms. The number of carbonyl (C=O) groups excluding carboxylic acids is 1. The third-order valence-corrected chi connectivity index (χ3v) is 4.20. The second-order valence-electron chi connectivity index (χ2n) is 5.37. The lowest BCUT2D eigenvalue weighted by Crippen LogP contribution is -2.47. The molecule has 20 heavy (non-hydrogen) atoms. The standard InChI is InChI=1S/C15H18FNO3/c1-19-15(18)13-11-6-7-12(20-11)14(13)17-8-9-2-4-10(16)5-3-9/h2-5,11-14,17H,6-8H2,1H3/t11-,12+,13+,14-/m0/s1. The molecule has 2 heterocycles. The summed E-state index contributed by atoms with van der Waals surface area (Å²) in [7, 11) is 1.41. The van der Waals surface area contributed by atoms with E-state index in [1.54, 1.807) is 12.1 Å². The van der Waals surface area contributed by atoms with Gasteiger partial charge in [-0.15, -0.1) is 0 Å². The molecule has 3 rings (SSSR count). The Kier molecular flexibility index (Phi) is 3.72. The Balaban J connectivity index is 1.66. The number of rotatable bonds is 4. The first kappa shape index (κ1) is 13.5. The molecular formula is C15H18FNO3. The van der Waals surface area contributed by atoms with Crippen molar-refractivity contribution in [2.45, 2.75) is 37.6 Å². The molecule has 5 heteroatoms. The van der Waals surface area contributed by atoms with Crippen LogP contribution in [0.4, 0.5) is 4.39 Å². The SMILES string of the molecule is COC(=O)[C@H]1[C@@H](NCc2ccc(F)cc2)[C@H]2CC[C@@H]1O2. The Morgan fingerprint density at radius 2 is 2.05 bits per heavy atom. The summed E-state index contributed by atoms with van der Waals surface area (Å²) < 4.78 is 23.5. The molecule has 1 aromatic carbocycles. The minimum Gasteiger partial charge on any atom is -0.469 e. The van der Waals surface area contributed by atoms with Crippen LogP contribution in [0.1, 0.15) is 18.4 Å². The molecule has 4 atom stereocenters. The van der Waals surface area contributed by atoms with Gasteiger partial charge in [0.2, 0.25) is 0 Å². The zero-order valence-corrected chi connectivity index (χ0v) is 11.3. The Labute approximate surface area is 117 Å². The van der Waals surface area contributed by atoms with E-state index in [1.807, 2.05) is 0 Å². The van der Waals surface area contributed by atoms with Crippen LogP contribution in [0.3, 0.4) is 0 Å². The second-order valence-corrected chi connectivity index (χ2v) is 5.37. The summed E-state index contributed by atoms with van der Waals surface area (Å²) in [4.78, 5) is 11.9. The van der Waals surface area contributed by atoms with Gasteiger partial charge in [0.15, 0.2) is 0 Å². The van der Waals surface area contributed by atoms with E-state index in [-0.39, 0.29) is 36.0 Å². The van der Waals surface area contributed by atoms with Gasteiger partial charge in [-0.2, -0.15) is 0 Å². The molecule has 0 aliphatic carbocycles. The number of methoxy groups -OCH3 is 1. The van der Waals surface area contributed by atoms with Gasteiger partial charge in [0.25, 0.3) is 0 Å². The maximum absolute atomic E-state index is 12.9. The van der Waals surface area contributed by atoms with Gasteiger partial charge in [0, 0.05) is 12.6 Å². The summed E-state index contributed by atoms with van der Waals surface area (Å²) in [6.45, 7) is 0.588. The summed E-state index contributed by atoms with van der Waals surface area (Å²) in [5.74, 6) is -0.697. The van der Waals surface area contributed by atoms with Crippen LogP contribution < -0.4 is 5.32 Å². The van der Waals surface area contributed by atoms with Gasteiger partial charge in [-0.3, -0.25) is 4.79 Å². The average Bonchev–Trinajstić information content (AvgIpc) is 3.06. The molecule has 4 nitrogen and oxygen atoms in total. The predicted molar refractivity (Wildman–Crippen MR) is 70.4 cm³/mol. The minimum atomic E-state index is -0.246. The van der Waals surface area contributed by atoms with Crippen molar-refractivity contribution in [2.75, 3.05) is 7.11 Å². The molecule has 2 aliphatic heterocycles. The molecular weight excluding hydrogens is 261 g/mol. The molecule has 0 unspecified atom stereocenters. The number of carbonyl (C=O) groups is 1. The minimum absolute atomic E-state index is 0.0220. The van der Waals surface area contributed by atoms with E-state index in [9.17, 15) is 9.18 Å². The van der Waals surface area contributed by atoms with E-state index >= 15 is 0 Å². The van der Waals surface area contributed by atoms with E-state index in [2.05, 4.69) is 5.32 Å². The lowest BCUT2D eigenvalue weighted by molar-refractivity contribution is -0.147. The quantitative estimate of drug-likeness (QED) is 0.851. The first-order chi connectivity index (χ1) is 9.69. The Morgan fingerprint density at radius 1 is 1.35 bits per heavy atom. The zero-order chi connectivity index (χ0) is 14.1. The van der Waals surface area contributed by atoms with Crippen molar-refractivity contribution in [3.8, 4) is 0 Å². The van der Waals surface area contributed by atoms with E-state index in [0.29, 0.717) is 6.54 Å². The van der Waals surface area contributed by atoms with Crippen LogP contribution in [0, 0.1) is 11.7 Å². The summed E-state index contributed by atoms with van der Waals surface area (Å²) in [5.41, 5.74) is 0.984. The van der Waals surface area contributed by atoms with Crippen LogP contribution in [0.25, 0.3) is 0 Å². The fourth-order valence-corrected chi connectivity index (χ4v) is 3.21. The number of esters is 1. The van der Waals surface area contributed by atoms with Gasteiger partial charge >= 0.3 is 5.97 Å². The fraction of sp³-hybridized carbons (Fsp3) is 0.533. The molecule has 108 valence electrons. The van der Waals surface area contributed by atoms with Crippen LogP contribution >= 0.6 is 0 Å². The highest BCUT2D eigenvalue weighted by Gasteiger charge is 2.52. The van der Waals surface area contributed by atoms with Crippen molar-refractivity contribution in [3.63, 3.8) is 0 Å². The average molecular weight is 279 g/mol. The molecule has 2 aliphatic rings. The van der Waals surface area contributed by atoms with E-state index in [0.717, 1.165) is 18.4 Å². The fourth-order valence-electron chi connectivity index (χ4n) is 3.21. The first-order valence-electron chi connectivity index (χ1n) is 6.90. The number of hydrogen-bond acceptors (Lipinski definition) is 4. The number of benzene rings is 1. The van der Waals surface area contributed by atoms with Crippen LogP contribution in [-0.4, -0.2) is 31.3 Å². The topological polar surface area (TPSA) is 47.6 Å². The van der Waals surface area contributed by atoms with Crippen molar-refractivity contribution in [1.29, 1.82) is 0 Å². The van der Waals surface area contributed by atoms with Crippen LogP contribution in [0.5, 0.6) is 0 Å². The third kappa shape index (κ3) is 2.43. The Bertz CT molecular complexity index is 490. The van der Waals surface area contributed by atoms with Gasteiger partial charge in [0.1, 0.15) is 11.7 Å². The van der Waals surface area contributed by atoms with Crippen molar-refractivity contribution in [1.82, 2.24) is 5.32 Å². The molecule has 2 bridgehead atoms. The Hall–Kier alpha value is -1.46. The van der Waals surface area contributed by atoms with Gasteiger partial charge in [-0.25, -0.2) is 4.39 Å². The molecule has 0 radical (unpaired) electrons. The maximum atomic E-state index is 12.9. The summed E-state index contributed by atoms with van der Waals surface area (Å²) >= 11 is 0. The van der Waals surface area contributed by atoms with Gasteiger partial charge < -0.3 is 14.8 Å². The maximum Gasteiger partial charge on any atom is 0.313 e. The molecule has 0 amide bonds. The van der Waals surface area contributed by atoms with Crippen LogP contribution in [-0.2, 0) is 20.8 Å². The summed E-state index contributed by atoms with van der Waals surface area (Å²) in [6, 6.07) is 6.33. The van der Waals surface area contributed by atoms with E-state index < -0.39 is 0 Å². The molecule has 2 saturated heterocycles. The zero-order valence-electron chi connectivity index (χ0n) is 11.3. The lowest BCUT2D eigenvalue weighted by Gasteiger charge is -2.26. The van der Waals surface area contributed by atoms with Crippen LogP contribution in [0.2, 0.25) is 0 Å². The normalized spacial score (nSPS) is 31.5. The summed E-state index contributed by atoms with van der Waals surface area (Å²) in [5, 5.41) is 3.37. The van der Waals surface area contributed by atoms with Crippen molar-refractivity contribution >= 4 is 5.97 Å². The third-order valence-electron chi connectivity index (χ3n) is 4.20. The largest absolute Gasteiger partial charge is 0.469 e. The van der Waals surface area contributed by atoms with E-state index in [4.69, 9.17) is 9.47 Å². The first-order valence-corrected chi connectivity index (χ1v) is 6.90. The molecule has 2 fully saturated rings. The number of nitrogens with one attached hydrogen (secondary N) is 1. The Morgan fingerprint density at radius 3 is 2.75 bits per heavy atom. The molecule has 0 saturated carbocycles. The number of ether oxygens (including phenoxy) is 2.